The molecule has 53 heavy (non-hydrogen) atoms. The minimum atomic E-state index is -0.445. The Bertz CT molecular complexity index is 1580. The number of phenolic OH excluding ortho intramolecular Hbond substituents is 1. The molecule has 7 nitrogen and oxygen atoms in total. The Morgan fingerprint density at radius 3 is 1.74 bits per heavy atom. The first-order chi connectivity index (χ1) is 25.8. The van der Waals surface area contributed by atoms with E-state index in [0.717, 1.165) is 55.2 Å². The minimum absolute atomic E-state index is 0.0249. The summed E-state index contributed by atoms with van der Waals surface area (Å²) < 4.78 is 15.9. The standard InChI is InChI=1S/C18H26O3.C15H22O3.C13H10O/c1-4-6-8-13-16(5-2)21-18(19)17(20-3)14-15-11-9-7-10-12-15;1-3-7-12(4-2)10-11-18-15(17)13-8-5-6-9-14(13)16;14-13(11-7-3-1-4-8-11)12-9-5-2-6-10-12/h7,9-12,14,16H,4-6,8,13H2,1-3H3;5-6,8-9,12,16H,3-4,7,10-11H2,1-2H3;1-10H. The van der Waals surface area contributed by atoms with Crippen LogP contribution in [0.3, 0.4) is 0 Å². The Morgan fingerprint density at radius 2 is 1.23 bits per heavy atom. The molecule has 0 aliphatic rings. The number of ether oxygens (including phenoxy) is 3. The van der Waals surface area contributed by atoms with Gasteiger partial charge in [0.25, 0.3) is 0 Å². The van der Waals surface area contributed by atoms with Crippen molar-refractivity contribution in [2.75, 3.05) is 13.7 Å². The molecule has 0 aromatic heterocycles. The van der Waals surface area contributed by atoms with Crippen molar-refractivity contribution in [1.29, 1.82) is 0 Å². The summed E-state index contributed by atoms with van der Waals surface area (Å²) in [5.74, 6) is 0.0840. The van der Waals surface area contributed by atoms with Crippen LogP contribution >= 0.6 is 0 Å². The molecule has 0 radical (unpaired) electrons. The molecule has 0 aliphatic heterocycles. The zero-order chi connectivity index (χ0) is 38.7. The van der Waals surface area contributed by atoms with Crippen LogP contribution in [0.4, 0.5) is 0 Å². The number of ketones is 1. The Morgan fingerprint density at radius 1 is 0.660 bits per heavy atom. The van der Waals surface area contributed by atoms with E-state index in [1.807, 2.05) is 97.9 Å². The molecule has 7 heteroatoms. The molecule has 0 saturated heterocycles. The summed E-state index contributed by atoms with van der Waals surface area (Å²) in [6.45, 7) is 8.95. The normalized spacial score (nSPS) is 11.8. The van der Waals surface area contributed by atoms with Gasteiger partial charge in [0, 0.05) is 11.1 Å². The van der Waals surface area contributed by atoms with Crippen LogP contribution < -0.4 is 0 Å². The van der Waals surface area contributed by atoms with Crippen LogP contribution in [0.5, 0.6) is 5.75 Å². The molecule has 4 aromatic rings. The molecule has 0 saturated carbocycles. The fourth-order valence-corrected chi connectivity index (χ4v) is 5.43. The van der Waals surface area contributed by atoms with Crippen molar-refractivity contribution in [2.45, 2.75) is 91.6 Å². The first-order valence-electron chi connectivity index (χ1n) is 18.9. The molecule has 0 aliphatic carbocycles. The number of para-hydroxylation sites is 1. The minimum Gasteiger partial charge on any atom is -0.507 e. The predicted molar refractivity (Wildman–Crippen MR) is 214 cm³/mol. The molecule has 4 rings (SSSR count). The van der Waals surface area contributed by atoms with Gasteiger partial charge in [-0.15, -0.1) is 0 Å². The van der Waals surface area contributed by atoms with E-state index in [-0.39, 0.29) is 34.9 Å². The van der Waals surface area contributed by atoms with Crippen LogP contribution in [0.15, 0.2) is 121 Å². The Hall–Kier alpha value is -5.17. The van der Waals surface area contributed by atoms with Gasteiger partial charge in [-0.2, -0.15) is 0 Å². The predicted octanol–water partition coefficient (Wildman–Crippen LogP) is 11.3. The SMILES string of the molecule is CCCC(CC)CCOC(=O)c1ccccc1O.CCCCCC(CC)OC(=O)C(=Cc1ccccc1)OC.O=C(c1ccccc1)c1ccccc1. The maximum atomic E-state index is 12.2. The number of benzene rings is 4. The third-order valence-corrected chi connectivity index (χ3v) is 8.61. The van der Waals surface area contributed by atoms with Crippen LogP contribution in [-0.2, 0) is 19.0 Å². The van der Waals surface area contributed by atoms with Crippen molar-refractivity contribution in [2.24, 2.45) is 5.92 Å². The number of esters is 2. The lowest BCUT2D eigenvalue weighted by atomic mass is 9.98. The highest BCUT2D eigenvalue weighted by Crippen LogP contribution is 2.19. The van der Waals surface area contributed by atoms with Crippen LogP contribution in [0, 0.1) is 5.92 Å². The number of rotatable bonds is 18. The number of carbonyl (C=O) groups excluding carboxylic acids is 3. The van der Waals surface area contributed by atoms with Gasteiger partial charge in [0.15, 0.2) is 5.78 Å². The highest BCUT2D eigenvalue weighted by Gasteiger charge is 2.17. The summed E-state index contributed by atoms with van der Waals surface area (Å²) in [5, 5.41) is 9.52. The number of hydrogen-bond acceptors (Lipinski definition) is 7. The van der Waals surface area contributed by atoms with Crippen molar-refractivity contribution >= 4 is 23.8 Å². The van der Waals surface area contributed by atoms with Gasteiger partial charge in [-0.05, 0) is 55.4 Å². The molecule has 0 fully saturated rings. The average molecular weight is 723 g/mol. The largest absolute Gasteiger partial charge is 0.507 e. The number of carbonyl (C=O) groups is 3. The third kappa shape index (κ3) is 17.3. The summed E-state index contributed by atoms with van der Waals surface area (Å²) in [6.07, 6.45) is 11.2. The molecule has 1 N–H and O–H groups in total. The van der Waals surface area contributed by atoms with Crippen LogP contribution in [0.2, 0.25) is 0 Å². The lowest BCUT2D eigenvalue weighted by Gasteiger charge is -2.16. The summed E-state index contributed by atoms with van der Waals surface area (Å²) in [6, 6.07) is 34.7. The van der Waals surface area contributed by atoms with Crippen LogP contribution in [-0.4, -0.2) is 42.6 Å². The number of aromatic hydroxyl groups is 1. The van der Waals surface area contributed by atoms with Gasteiger partial charge in [-0.3, -0.25) is 4.79 Å². The van der Waals surface area contributed by atoms with Crippen molar-refractivity contribution in [1.82, 2.24) is 0 Å². The summed E-state index contributed by atoms with van der Waals surface area (Å²) in [7, 11) is 1.49. The second-order valence-corrected chi connectivity index (χ2v) is 12.6. The zero-order valence-electron chi connectivity index (χ0n) is 32.2. The monoisotopic (exact) mass is 722 g/mol. The smallest absolute Gasteiger partial charge is 0.373 e. The Kier molecular flexibility index (Phi) is 22.1. The van der Waals surface area contributed by atoms with Gasteiger partial charge in [-0.1, -0.05) is 163 Å². The lowest BCUT2D eigenvalue weighted by Crippen LogP contribution is -2.19. The maximum absolute atomic E-state index is 12.2. The summed E-state index contributed by atoms with van der Waals surface area (Å²) in [5.41, 5.74) is 2.63. The van der Waals surface area contributed by atoms with Crippen molar-refractivity contribution in [3.63, 3.8) is 0 Å². The zero-order valence-corrected chi connectivity index (χ0v) is 32.2. The Labute approximate surface area is 317 Å². The van der Waals surface area contributed by atoms with Crippen LogP contribution in [0.25, 0.3) is 6.08 Å². The van der Waals surface area contributed by atoms with Gasteiger partial charge in [0.2, 0.25) is 5.76 Å². The van der Waals surface area contributed by atoms with E-state index in [4.69, 9.17) is 14.2 Å². The molecule has 2 unspecified atom stereocenters. The van der Waals surface area contributed by atoms with Gasteiger partial charge in [0.1, 0.15) is 17.4 Å². The summed E-state index contributed by atoms with van der Waals surface area (Å²) in [4.78, 5) is 35.7. The van der Waals surface area contributed by atoms with Crippen molar-refractivity contribution in [3.8, 4) is 5.75 Å². The highest BCUT2D eigenvalue weighted by molar-refractivity contribution is 6.08. The Balaban J connectivity index is 0.000000280. The van der Waals surface area contributed by atoms with E-state index in [0.29, 0.717) is 12.5 Å². The first kappa shape index (κ1) is 44.0. The van der Waals surface area contributed by atoms with E-state index < -0.39 is 5.97 Å². The van der Waals surface area contributed by atoms with Gasteiger partial charge in [-0.25, -0.2) is 9.59 Å². The highest BCUT2D eigenvalue weighted by atomic mass is 16.6. The molecule has 284 valence electrons. The average Bonchev–Trinajstić information content (AvgIpc) is 3.20. The number of unbranched alkanes of at least 4 members (excludes halogenated alkanes) is 2. The van der Waals surface area contributed by atoms with E-state index in [1.165, 1.54) is 32.4 Å². The molecular weight excluding hydrogens is 664 g/mol. The molecular formula is C46H58O7. The molecule has 0 amide bonds. The lowest BCUT2D eigenvalue weighted by molar-refractivity contribution is -0.148. The van der Waals surface area contributed by atoms with Crippen molar-refractivity contribution < 1.29 is 33.7 Å². The molecule has 4 aromatic carbocycles. The van der Waals surface area contributed by atoms with E-state index in [2.05, 4.69) is 20.8 Å². The maximum Gasteiger partial charge on any atom is 0.373 e. The number of hydrogen-bond donors (Lipinski definition) is 1. The van der Waals surface area contributed by atoms with Gasteiger partial charge < -0.3 is 19.3 Å². The molecule has 0 bridgehead atoms. The molecule has 0 heterocycles. The molecule has 0 spiro atoms. The first-order valence-corrected chi connectivity index (χ1v) is 18.9. The number of phenols is 1. The second kappa shape index (κ2) is 26.6. The third-order valence-electron chi connectivity index (χ3n) is 8.61. The quantitative estimate of drug-likeness (QED) is 0.0359. The van der Waals surface area contributed by atoms with E-state index >= 15 is 0 Å². The fraction of sp³-hybridized carbons (Fsp3) is 0.370. The van der Waals surface area contributed by atoms with Crippen LogP contribution in [0.1, 0.15) is 117 Å². The van der Waals surface area contributed by atoms with Gasteiger partial charge in [0.05, 0.1) is 13.7 Å². The van der Waals surface area contributed by atoms with Gasteiger partial charge >= 0.3 is 11.9 Å². The van der Waals surface area contributed by atoms with Crippen molar-refractivity contribution in [3.05, 3.63) is 143 Å². The summed E-state index contributed by atoms with van der Waals surface area (Å²) >= 11 is 0. The second-order valence-electron chi connectivity index (χ2n) is 12.6. The topological polar surface area (TPSA) is 99.1 Å². The van der Waals surface area contributed by atoms with E-state index in [1.54, 1.807) is 24.3 Å². The fourth-order valence-electron chi connectivity index (χ4n) is 5.43. The number of methoxy groups -OCH3 is 1. The molecule has 2 atom stereocenters. The van der Waals surface area contributed by atoms with E-state index in [9.17, 15) is 19.5 Å².